The first kappa shape index (κ1) is 13.5. The van der Waals surface area contributed by atoms with Gasteiger partial charge in [-0.25, -0.2) is 4.98 Å². The van der Waals surface area contributed by atoms with Crippen LogP contribution in [0.4, 0.5) is 0 Å². The Kier molecular flexibility index (Phi) is 4.16. The Morgan fingerprint density at radius 3 is 2.63 bits per heavy atom. The van der Waals surface area contributed by atoms with E-state index in [2.05, 4.69) is 4.98 Å². The Balaban J connectivity index is 2.32. The number of aliphatic carboxylic acids is 1. The zero-order valence-electron chi connectivity index (χ0n) is 10.8. The highest BCUT2D eigenvalue weighted by atomic mass is 32.1. The van der Waals surface area contributed by atoms with Gasteiger partial charge < -0.3 is 14.6 Å². The lowest BCUT2D eigenvalue weighted by molar-refractivity contribution is -0.304. The Morgan fingerprint density at radius 1 is 1.37 bits per heavy atom. The van der Waals surface area contributed by atoms with Crippen molar-refractivity contribution in [3.63, 3.8) is 0 Å². The first-order valence-corrected chi connectivity index (χ1v) is 6.81. The summed E-state index contributed by atoms with van der Waals surface area (Å²) in [7, 11) is 0. The molecule has 100 valence electrons. The van der Waals surface area contributed by atoms with Gasteiger partial charge in [-0.15, -0.1) is 11.3 Å². The summed E-state index contributed by atoms with van der Waals surface area (Å²) >= 11 is 1.39. The summed E-state index contributed by atoms with van der Waals surface area (Å²) in [5.41, 5.74) is 1.61. The fourth-order valence-corrected chi connectivity index (χ4v) is 2.77. The first-order chi connectivity index (χ1) is 9.10. The van der Waals surface area contributed by atoms with Crippen LogP contribution < -0.4 is 9.84 Å². The van der Waals surface area contributed by atoms with Crippen molar-refractivity contribution in [2.24, 2.45) is 0 Å². The van der Waals surface area contributed by atoms with Crippen LogP contribution >= 0.6 is 11.3 Å². The number of carbonyl (C=O) groups excluding carboxylic acids is 1. The molecule has 1 aromatic carbocycles. The molecular weight excluding hydrogens is 262 g/mol. The van der Waals surface area contributed by atoms with E-state index in [9.17, 15) is 9.90 Å². The highest BCUT2D eigenvalue weighted by molar-refractivity contribution is 7.12. The molecule has 2 aromatic rings. The maximum Gasteiger partial charge on any atom is 0.119 e. The summed E-state index contributed by atoms with van der Waals surface area (Å²) in [5, 5.41) is 11.6. The lowest BCUT2D eigenvalue weighted by Crippen LogP contribution is -2.24. The molecule has 0 bridgehead atoms. The summed E-state index contributed by atoms with van der Waals surface area (Å²) in [6, 6.07) is 7.49. The van der Waals surface area contributed by atoms with E-state index in [0.29, 0.717) is 6.61 Å². The smallest absolute Gasteiger partial charge is 0.119 e. The van der Waals surface area contributed by atoms with Crippen molar-refractivity contribution in [3.8, 4) is 17.0 Å². The predicted molar refractivity (Wildman–Crippen MR) is 72.2 cm³/mol. The van der Waals surface area contributed by atoms with Crippen molar-refractivity contribution in [3.05, 3.63) is 34.2 Å². The molecule has 1 heterocycles. The van der Waals surface area contributed by atoms with Gasteiger partial charge in [0.15, 0.2) is 0 Å². The minimum absolute atomic E-state index is 0.103. The van der Waals surface area contributed by atoms with Gasteiger partial charge in [-0.3, -0.25) is 0 Å². The second kappa shape index (κ2) is 5.84. The highest BCUT2D eigenvalue weighted by Crippen LogP contribution is 2.29. The van der Waals surface area contributed by atoms with Gasteiger partial charge in [-0.2, -0.15) is 0 Å². The van der Waals surface area contributed by atoms with Crippen LogP contribution in [0.15, 0.2) is 24.3 Å². The minimum Gasteiger partial charge on any atom is -0.550 e. The molecule has 2 rings (SSSR count). The van der Waals surface area contributed by atoms with E-state index in [-0.39, 0.29) is 6.42 Å². The zero-order chi connectivity index (χ0) is 13.8. The summed E-state index contributed by atoms with van der Waals surface area (Å²) in [4.78, 5) is 15.9. The Morgan fingerprint density at radius 2 is 2.05 bits per heavy atom. The Bertz CT molecular complexity index is 575. The summed E-state index contributed by atoms with van der Waals surface area (Å²) < 4.78 is 5.37. The number of benzene rings is 1. The van der Waals surface area contributed by atoms with Gasteiger partial charge in [-0.05, 0) is 38.1 Å². The first-order valence-electron chi connectivity index (χ1n) is 5.99. The molecule has 0 saturated carbocycles. The molecule has 0 aliphatic rings. The monoisotopic (exact) mass is 276 g/mol. The molecule has 0 amide bonds. The number of carbonyl (C=O) groups is 1. The highest BCUT2D eigenvalue weighted by Gasteiger charge is 2.11. The van der Waals surface area contributed by atoms with Crippen LogP contribution in [-0.2, 0) is 11.2 Å². The van der Waals surface area contributed by atoms with Crippen molar-refractivity contribution in [1.82, 2.24) is 4.98 Å². The van der Waals surface area contributed by atoms with Crippen LogP contribution in [0.3, 0.4) is 0 Å². The fourth-order valence-electron chi connectivity index (χ4n) is 1.82. The lowest BCUT2D eigenvalue weighted by atomic mass is 10.1. The van der Waals surface area contributed by atoms with Crippen LogP contribution in [0.2, 0.25) is 0 Å². The molecule has 0 aliphatic carbocycles. The van der Waals surface area contributed by atoms with E-state index >= 15 is 0 Å². The number of aromatic nitrogens is 1. The SMILES string of the molecule is CCOc1ccc(-c2nc(C)sc2CC(=O)[O-])cc1. The van der Waals surface area contributed by atoms with Crippen molar-refractivity contribution >= 4 is 17.3 Å². The van der Waals surface area contributed by atoms with E-state index in [1.807, 2.05) is 38.1 Å². The average Bonchev–Trinajstić information content (AvgIpc) is 2.71. The van der Waals surface area contributed by atoms with Crippen molar-refractivity contribution in [2.75, 3.05) is 6.61 Å². The van der Waals surface area contributed by atoms with Gasteiger partial charge >= 0.3 is 0 Å². The number of nitrogens with zero attached hydrogens (tertiary/aromatic N) is 1. The molecule has 0 unspecified atom stereocenters. The van der Waals surface area contributed by atoms with E-state index in [1.54, 1.807) is 0 Å². The molecule has 0 spiro atoms. The van der Waals surface area contributed by atoms with E-state index in [1.165, 1.54) is 11.3 Å². The topological polar surface area (TPSA) is 62.2 Å². The van der Waals surface area contributed by atoms with Gasteiger partial charge in [0, 0.05) is 22.8 Å². The van der Waals surface area contributed by atoms with Gasteiger partial charge in [0.1, 0.15) is 5.75 Å². The molecule has 0 saturated heterocycles. The van der Waals surface area contributed by atoms with E-state index in [0.717, 1.165) is 26.9 Å². The zero-order valence-corrected chi connectivity index (χ0v) is 11.6. The summed E-state index contributed by atoms with van der Waals surface area (Å²) in [6.07, 6.45) is -0.103. The van der Waals surface area contributed by atoms with Crippen LogP contribution in [0.5, 0.6) is 5.75 Å². The molecule has 0 radical (unpaired) electrons. The van der Waals surface area contributed by atoms with Gasteiger partial charge in [0.05, 0.1) is 17.3 Å². The Labute approximate surface area is 115 Å². The number of aryl methyl sites for hydroxylation is 1. The maximum atomic E-state index is 10.7. The second-order valence-electron chi connectivity index (χ2n) is 4.01. The molecule has 4 nitrogen and oxygen atoms in total. The largest absolute Gasteiger partial charge is 0.550 e. The Hall–Kier alpha value is -1.88. The molecule has 0 aliphatic heterocycles. The van der Waals surface area contributed by atoms with Gasteiger partial charge in [0.2, 0.25) is 0 Å². The quantitative estimate of drug-likeness (QED) is 0.835. The van der Waals surface area contributed by atoms with Crippen LogP contribution in [0.1, 0.15) is 16.8 Å². The van der Waals surface area contributed by atoms with Crippen LogP contribution in [-0.4, -0.2) is 17.6 Å². The molecular formula is C14H14NO3S-. The molecule has 0 N–H and O–H groups in total. The molecule has 1 aromatic heterocycles. The standard InChI is InChI=1S/C14H15NO3S/c1-3-18-11-6-4-10(5-7-11)14-12(8-13(16)17)19-9(2)15-14/h4-7H,3,8H2,1-2H3,(H,16,17)/p-1. The number of thiazole rings is 1. The third-order valence-electron chi connectivity index (χ3n) is 2.55. The average molecular weight is 276 g/mol. The van der Waals surface area contributed by atoms with Crippen LogP contribution in [0.25, 0.3) is 11.3 Å². The number of carboxylic acid groups (broad SMARTS) is 1. The predicted octanol–water partition coefficient (Wildman–Crippen LogP) is 1.81. The van der Waals surface area contributed by atoms with E-state index < -0.39 is 5.97 Å². The number of rotatable bonds is 5. The van der Waals surface area contributed by atoms with Crippen LogP contribution in [0, 0.1) is 6.92 Å². The summed E-state index contributed by atoms with van der Waals surface area (Å²) in [5.74, 6) is -0.296. The third kappa shape index (κ3) is 3.32. The third-order valence-corrected chi connectivity index (χ3v) is 3.52. The number of carboxylic acids is 1. The normalized spacial score (nSPS) is 10.4. The van der Waals surface area contributed by atoms with Crippen molar-refractivity contribution in [1.29, 1.82) is 0 Å². The number of ether oxygens (including phenoxy) is 1. The number of hydrogen-bond donors (Lipinski definition) is 0. The lowest BCUT2D eigenvalue weighted by Gasteiger charge is -2.05. The maximum absolute atomic E-state index is 10.7. The molecule has 0 atom stereocenters. The molecule has 5 heteroatoms. The molecule has 19 heavy (non-hydrogen) atoms. The van der Waals surface area contributed by atoms with Crippen molar-refractivity contribution < 1.29 is 14.6 Å². The molecule has 0 fully saturated rings. The summed E-state index contributed by atoms with van der Waals surface area (Å²) in [6.45, 7) is 4.41. The fraction of sp³-hybridized carbons (Fsp3) is 0.286. The van der Waals surface area contributed by atoms with Gasteiger partial charge in [-0.1, -0.05) is 0 Å². The number of hydrogen-bond acceptors (Lipinski definition) is 5. The van der Waals surface area contributed by atoms with E-state index in [4.69, 9.17) is 4.74 Å². The minimum atomic E-state index is -1.09. The second-order valence-corrected chi connectivity index (χ2v) is 5.30. The van der Waals surface area contributed by atoms with Crippen molar-refractivity contribution in [2.45, 2.75) is 20.3 Å². The van der Waals surface area contributed by atoms with Gasteiger partial charge in [0.25, 0.3) is 0 Å².